The van der Waals surface area contributed by atoms with Gasteiger partial charge in [-0.3, -0.25) is 14.1 Å². The minimum Gasteiger partial charge on any atom is -0.744 e. The number of nitrogens with two attached hydrogens (primary N) is 1. The van der Waals surface area contributed by atoms with Gasteiger partial charge in [-0.15, -0.1) is 0 Å². The van der Waals surface area contributed by atoms with Crippen LogP contribution in [0, 0.1) is 0 Å². The quantitative estimate of drug-likeness (QED) is 0.0685. The van der Waals surface area contributed by atoms with Crippen LogP contribution in [0.3, 0.4) is 0 Å². The molecule has 0 unspecified atom stereocenters. The number of benzene rings is 3. The van der Waals surface area contributed by atoms with Crippen molar-refractivity contribution in [3.63, 3.8) is 0 Å². The van der Waals surface area contributed by atoms with Gasteiger partial charge in [0.2, 0.25) is 0 Å². The van der Waals surface area contributed by atoms with Crippen LogP contribution in [0.4, 0.5) is 17.1 Å². The molecule has 0 atom stereocenters. The summed E-state index contributed by atoms with van der Waals surface area (Å²) in [6.45, 7) is 2.19. The van der Waals surface area contributed by atoms with Crippen LogP contribution in [0.25, 0.3) is 0 Å². The maximum Gasteiger partial charge on any atom is 1.00 e. The number of carbonyl (C=O) groups excluding carboxylic acids is 2. The van der Waals surface area contributed by atoms with E-state index in [4.69, 9.17) is 5.73 Å². The van der Waals surface area contributed by atoms with Crippen molar-refractivity contribution in [2.24, 2.45) is 0 Å². The molecule has 0 radical (unpaired) electrons. The number of nitrogen functional groups attached to an aromatic ring is 1. The van der Waals surface area contributed by atoms with Crippen molar-refractivity contribution < 1.29 is 94.6 Å². The monoisotopic (exact) mass is 687 g/mol. The van der Waals surface area contributed by atoms with E-state index in [0.717, 1.165) is 31.7 Å². The molecule has 236 valence electrons. The van der Waals surface area contributed by atoms with Gasteiger partial charge in [0.25, 0.3) is 10.1 Å². The first-order valence-electron chi connectivity index (χ1n) is 14.8. The number of unbranched alkanes of at least 4 members (excludes halogenated alkanes) is 9. The molecule has 46 heavy (non-hydrogen) atoms. The van der Waals surface area contributed by atoms with E-state index in [1.54, 1.807) is 12.1 Å². The largest absolute Gasteiger partial charge is 1.00 e. The van der Waals surface area contributed by atoms with Gasteiger partial charge >= 0.3 is 59.1 Å². The molecule has 1 aliphatic rings. The van der Waals surface area contributed by atoms with E-state index in [0.29, 0.717) is 12.0 Å². The van der Waals surface area contributed by atoms with Gasteiger partial charge in [-0.1, -0.05) is 95.0 Å². The second kappa shape index (κ2) is 17.7. The number of hydrogen-bond donors (Lipinski definition) is 3. The molecule has 0 amide bonds. The van der Waals surface area contributed by atoms with Crippen LogP contribution in [-0.4, -0.2) is 37.5 Å². The Bertz CT molecular complexity index is 1800. The summed E-state index contributed by atoms with van der Waals surface area (Å²) in [5.74, 6) is -1.44. The number of anilines is 3. The van der Waals surface area contributed by atoms with Gasteiger partial charge in [-0.05, 0) is 36.6 Å². The zero-order valence-corrected chi connectivity index (χ0v) is 32.2. The molecule has 0 aromatic heterocycles. The zero-order valence-electron chi connectivity index (χ0n) is 26.6. The van der Waals surface area contributed by atoms with Crippen LogP contribution in [0.1, 0.15) is 109 Å². The van der Waals surface area contributed by atoms with Gasteiger partial charge < -0.3 is 15.6 Å². The maximum absolute atomic E-state index is 13.5. The Labute approximate surface area is 315 Å². The molecule has 4 rings (SSSR count). The number of aryl methyl sites for hydroxylation is 1. The van der Waals surface area contributed by atoms with Crippen molar-refractivity contribution in [1.29, 1.82) is 0 Å². The van der Waals surface area contributed by atoms with Crippen LogP contribution in [0.5, 0.6) is 0 Å². The van der Waals surface area contributed by atoms with Crippen molar-refractivity contribution in [3.05, 3.63) is 76.3 Å². The van der Waals surface area contributed by atoms with Crippen molar-refractivity contribution in [3.8, 4) is 0 Å². The maximum atomic E-state index is 13.5. The van der Waals surface area contributed by atoms with Crippen LogP contribution in [-0.2, 0) is 26.7 Å². The molecule has 10 nitrogen and oxygen atoms in total. The molecular weight excluding hydrogens is 650 g/mol. The van der Waals surface area contributed by atoms with E-state index in [9.17, 15) is 35.5 Å². The molecular formula is C32H37N2Na2O8S2+. The molecule has 1 aliphatic carbocycles. The number of ketones is 2. The average Bonchev–Trinajstić information content (AvgIpc) is 2.97. The second-order valence-electron chi connectivity index (χ2n) is 11.1. The molecule has 0 fully saturated rings. The minimum atomic E-state index is -5.22. The molecule has 3 aromatic carbocycles. The van der Waals surface area contributed by atoms with E-state index >= 15 is 0 Å². The van der Waals surface area contributed by atoms with Gasteiger partial charge in [0.15, 0.2) is 11.6 Å². The number of rotatable bonds is 15. The Balaban J connectivity index is 0.00000368. The summed E-state index contributed by atoms with van der Waals surface area (Å²) in [5, 5.41) is 2.69. The summed E-state index contributed by atoms with van der Waals surface area (Å²) in [6.07, 6.45) is 12.0. The Morgan fingerprint density at radius 2 is 1.24 bits per heavy atom. The van der Waals surface area contributed by atoms with E-state index in [2.05, 4.69) is 12.2 Å². The zero-order chi connectivity index (χ0) is 32.1. The molecule has 14 heteroatoms. The minimum absolute atomic E-state index is 0. The number of carbonyl (C=O) groups is 2. The first kappa shape index (κ1) is 40.6. The first-order chi connectivity index (χ1) is 20.8. The fraction of sp³-hybridized carbons (Fsp3) is 0.375. The molecule has 0 aliphatic heterocycles. The van der Waals surface area contributed by atoms with Gasteiger partial charge in [0.1, 0.15) is 15.0 Å². The molecule has 0 heterocycles. The predicted octanol–water partition coefficient (Wildman–Crippen LogP) is 0.410. The third kappa shape index (κ3) is 9.74. The summed E-state index contributed by atoms with van der Waals surface area (Å²) in [7, 11) is -10.0. The van der Waals surface area contributed by atoms with E-state index in [-0.39, 0.29) is 87.2 Å². The number of hydrogen-bond acceptors (Lipinski definition) is 9. The van der Waals surface area contributed by atoms with Crippen LogP contribution in [0.15, 0.2) is 58.3 Å². The van der Waals surface area contributed by atoms with Crippen molar-refractivity contribution in [2.75, 3.05) is 11.1 Å². The summed E-state index contributed by atoms with van der Waals surface area (Å²) in [6, 6.07) is 11.0. The average molecular weight is 688 g/mol. The molecule has 0 saturated heterocycles. The van der Waals surface area contributed by atoms with Gasteiger partial charge in [0, 0.05) is 11.1 Å². The smallest absolute Gasteiger partial charge is 0.744 e. The topological polar surface area (TPSA) is 184 Å². The molecule has 0 bridgehead atoms. The second-order valence-corrected chi connectivity index (χ2v) is 13.8. The van der Waals surface area contributed by atoms with E-state index < -0.39 is 52.8 Å². The standard InChI is InChI=1S/C32H38N2O8S2.2Na/c1-2-3-4-5-6-7-8-9-10-11-14-21-17-18-24(26(19-21)43(37,38)39)34-25-20-27(44(40,41)42)30(33)29-28(25)31(35)22-15-12-13-16-23(22)32(29)36;;/h12-13,15-20,34H,2-11,14,33H2,1H3,(H,37,38,39)(H,40,41,42);;/q;2*+1/p-1. The third-order valence-corrected chi connectivity index (χ3v) is 9.65. The predicted molar refractivity (Wildman–Crippen MR) is 167 cm³/mol. The van der Waals surface area contributed by atoms with Gasteiger partial charge in [0.05, 0.1) is 33.1 Å². The third-order valence-electron chi connectivity index (χ3n) is 7.88. The summed E-state index contributed by atoms with van der Waals surface area (Å²) in [4.78, 5) is 25.5. The molecule has 0 spiro atoms. The van der Waals surface area contributed by atoms with E-state index in [1.807, 2.05) is 0 Å². The normalized spacial score (nSPS) is 12.5. The Hall–Kier alpha value is -1.58. The summed E-state index contributed by atoms with van der Waals surface area (Å²) in [5.41, 5.74) is 4.70. The fourth-order valence-corrected chi connectivity index (χ4v) is 6.93. The Morgan fingerprint density at radius 1 is 0.717 bits per heavy atom. The van der Waals surface area contributed by atoms with Crippen LogP contribution < -0.4 is 70.2 Å². The van der Waals surface area contributed by atoms with Gasteiger partial charge in [-0.25, -0.2) is 8.42 Å². The van der Waals surface area contributed by atoms with Crippen molar-refractivity contribution in [1.82, 2.24) is 0 Å². The summed E-state index contributed by atoms with van der Waals surface area (Å²) < 4.78 is 71.2. The number of fused-ring (bicyclic) bond motifs is 2. The first-order valence-corrected chi connectivity index (χ1v) is 17.7. The van der Waals surface area contributed by atoms with Crippen molar-refractivity contribution in [2.45, 2.75) is 87.3 Å². The molecule has 0 saturated carbocycles. The Kier molecular flexibility index (Phi) is 15.6. The molecule has 4 N–H and O–H groups in total. The van der Waals surface area contributed by atoms with Gasteiger partial charge in [-0.2, -0.15) is 8.42 Å². The van der Waals surface area contributed by atoms with Crippen LogP contribution >= 0.6 is 0 Å². The molecule has 3 aromatic rings. The summed E-state index contributed by atoms with van der Waals surface area (Å²) >= 11 is 0. The Morgan fingerprint density at radius 3 is 1.76 bits per heavy atom. The van der Waals surface area contributed by atoms with E-state index in [1.165, 1.54) is 68.9 Å². The SMILES string of the molecule is CCCCCCCCCCCCc1ccc(Nc2cc(S(=O)(=O)[O-])c(N)c3c2C(=O)c2ccccc2C3=O)c(S(=O)(=O)O)c1.[Na+].[Na+]. The van der Waals surface area contributed by atoms with Crippen LogP contribution in [0.2, 0.25) is 0 Å². The van der Waals surface area contributed by atoms with Crippen molar-refractivity contribution >= 4 is 48.9 Å². The fourth-order valence-electron chi connectivity index (χ4n) is 5.60. The number of nitrogens with one attached hydrogen (secondary N) is 1.